The highest BCUT2D eigenvalue weighted by Crippen LogP contribution is 2.20. The minimum atomic E-state index is -0.442. The van der Waals surface area contributed by atoms with Crippen LogP contribution in [0.4, 0.5) is 0 Å². The van der Waals surface area contributed by atoms with E-state index in [-0.39, 0.29) is 11.8 Å². The maximum atomic E-state index is 11.1. The third-order valence-corrected chi connectivity index (χ3v) is 2.20. The molecule has 0 aliphatic rings. The number of rotatable bonds is 3. The van der Waals surface area contributed by atoms with Crippen LogP contribution in [-0.2, 0) is 4.74 Å². The Hall–Kier alpha value is -1.29. The molecule has 0 saturated carbocycles. The van der Waals surface area contributed by atoms with Crippen LogP contribution in [0, 0.1) is 0 Å². The lowest BCUT2D eigenvalue weighted by molar-refractivity contribution is 0.0560. The molecule has 0 amide bonds. The number of nitrogens with zero attached hydrogens (tertiary/aromatic N) is 1. The molecule has 0 spiro atoms. The summed E-state index contributed by atoms with van der Waals surface area (Å²) >= 11 is 0. The van der Waals surface area contributed by atoms with Crippen molar-refractivity contribution in [2.45, 2.75) is 13.0 Å². The Morgan fingerprint density at radius 3 is 2.64 bits per heavy atom. The summed E-state index contributed by atoms with van der Waals surface area (Å²) in [4.78, 5) is 13.1. The summed E-state index contributed by atoms with van der Waals surface area (Å²) in [6.07, 6.45) is 0. The molecule has 1 heterocycles. The number of esters is 1. The molecule has 0 aliphatic carbocycles. The van der Waals surface area contributed by atoms with Gasteiger partial charge in [-0.15, -0.1) is 0 Å². The van der Waals surface area contributed by atoms with Crippen molar-refractivity contribution in [2.75, 3.05) is 21.2 Å². The zero-order valence-electron chi connectivity index (χ0n) is 8.90. The lowest BCUT2D eigenvalue weighted by Crippen LogP contribution is -2.16. The molecule has 0 radical (unpaired) electrons. The van der Waals surface area contributed by atoms with Crippen LogP contribution in [0.5, 0.6) is 0 Å². The molecule has 0 aliphatic heterocycles. The van der Waals surface area contributed by atoms with Crippen LogP contribution < -0.4 is 0 Å². The van der Waals surface area contributed by atoms with Gasteiger partial charge in [-0.05, 0) is 33.2 Å². The summed E-state index contributed by atoms with van der Waals surface area (Å²) in [7, 11) is 5.23. The second-order valence-corrected chi connectivity index (χ2v) is 3.33. The van der Waals surface area contributed by atoms with Crippen LogP contribution >= 0.6 is 0 Å². The summed E-state index contributed by atoms with van der Waals surface area (Å²) in [5.41, 5.74) is 0. The number of hydrogen-bond donors (Lipinski definition) is 0. The maximum absolute atomic E-state index is 11.1. The topological polar surface area (TPSA) is 42.7 Å². The fourth-order valence-corrected chi connectivity index (χ4v) is 1.04. The molecular formula is C10H15NO3. The predicted octanol–water partition coefficient (Wildman–Crippen LogP) is 1.69. The largest absolute Gasteiger partial charge is 0.463 e. The van der Waals surface area contributed by atoms with Crippen molar-refractivity contribution in [2.24, 2.45) is 0 Å². The van der Waals surface area contributed by atoms with E-state index in [9.17, 15) is 4.79 Å². The number of hydrogen-bond acceptors (Lipinski definition) is 4. The Morgan fingerprint density at radius 2 is 2.14 bits per heavy atom. The van der Waals surface area contributed by atoms with Crippen molar-refractivity contribution in [1.82, 2.24) is 4.90 Å². The zero-order chi connectivity index (χ0) is 10.7. The second kappa shape index (κ2) is 4.28. The summed E-state index contributed by atoms with van der Waals surface area (Å²) in [5.74, 6) is 0.564. The number of carbonyl (C=O) groups is 1. The van der Waals surface area contributed by atoms with Crippen molar-refractivity contribution in [3.8, 4) is 0 Å². The van der Waals surface area contributed by atoms with Gasteiger partial charge in [0.15, 0.2) is 0 Å². The normalized spacial score (nSPS) is 12.9. The van der Waals surface area contributed by atoms with E-state index in [0.717, 1.165) is 5.76 Å². The number of carbonyl (C=O) groups excluding carboxylic acids is 1. The monoisotopic (exact) mass is 197 g/mol. The fraction of sp³-hybridized carbons (Fsp3) is 0.500. The molecule has 4 nitrogen and oxygen atoms in total. The van der Waals surface area contributed by atoms with Crippen LogP contribution in [0.25, 0.3) is 0 Å². The molecule has 1 rings (SSSR count). The average molecular weight is 197 g/mol. The molecule has 1 aromatic heterocycles. The zero-order valence-corrected chi connectivity index (χ0v) is 8.90. The molecule has 0 fully saturated rings. The highest BCUT2D eigenvalue weighted by molar-refractivity contribution is 5.86. The average Bonchev–Trinajstić information content (AvgIpc) is 2.64. The van der Waals surface area contributed by atoms with E-state index in [1.165, 1.54) is 7.11 Å². The summed E-state index contributed by atoms with van der Waals surface area (Å²) in [5, 5.41) is 0. The van der Waals surface area contributed by atoms with E-state index < -0.39 is 5.97 Å². The minimum absolute atomic E-state index is 0.147. The highest BCUT2D eigenvalue weighted by atomic mass is 16.5. The summed E-state index contributed by atoms with van der Waals surface area (Å²) in [6, 6.07) is 3.56. The van der Waals surface area contributed by atoms with Crippen molar-refractivity contribution in [3.05, 3.63) is 23.7 Å². The van der Waals surface area contributed by atoms with E-state index in [1.807, 2.05) is 25.9 Å². The van der Waals surface area contributed by atoms with Gasteiger partial charge >= 0.3 is 5.97 Å². The van der Waals surface area contributed by atoms with Gasteiger partial charge in [0.05, 0.1) is 13.2 Å². The van der Waals surface area contributed by atoms with E-state index >= 15 is 0 Å². The van der Waals surface area contributed by atoms with Crippen molar-refractivity contribution in [3.63, 3.8) is 0 Å². The first-order chi connectivity index (χ1) is 6.56. The van der Waals surface area contributed by atoms with Crippen LogP contribution in [0.3, 0.4) is 0 Å². The van der Waals surface area contributed by atoms with Crippen molar-refractivity contribution in [1.29, 1.82) is 0 Å². The first-order valence-electron chi connectivity index (χ1n) is 4.40. The molecule has 1 aromatic rings. The van der Waals surface area contributed by atoms with Gasteiger partial charge in [0.2, 0.25) is 5.76 Å². The first kappa shape index (κ1) is 10.8. The minimum Gasteiger partial charge on any atom is -0.463 e. The first-order valence-corrected chi connectivity index (χ1v) is 4.40. The van der Waals surface area contributed by atoms with Crippen LogP contribution in [-0.4, -0.2) is 32.1 Å². The quantitative estimate of drug-likeness (QED) is 0.691. The molecule has 0 saturated heterocycles. The standard InChI is InChI=1S/C10H15NO3/c1-7(11(2)3)8-5-6-9(14-8)10(12)13-4/h5-7H,1-4H3. The van der Waals surface area contributed by atoms with Crippen molar-refractivity contribution < 1.29 is 13.9 Å². The lowest BCUT2D eigenvalue weighted by atomic mass is 10.2. The number of ether oxygens (including phenoxy) is 1. The molecule has 1 atom stereocenters. The summed E-state index contributed by atoms with van der Waals surface area (Å²) < 4.78 is 9.89. The maximum Gasteiger partial charge on any atom is 0.373 e. The van der Waals surface area contributed by atoms with Crippen LogP contribution in [0.1, 0.15) is 29.3 Å². The third kappa shape index (κ3) is 2.14. The molecule has 0 aromatic carbocycles. The van der Waals surface area contributed by atoms with Gasteiger partial charge in [-0.3, -0.25) is 4.90 Å². The highest BCUT2D eigenvalue weighted by Gasteiger charge is 2.16. The predicted molar refractivity (Wildman–Crippen MR) is 52.1 cm³/mol. The Balaban J connectivity index is 2.82. The van der Waals surface area contributed by atoms with E-state index in [1.54, 1.807) is 12.1 Å². The van der Waals surface area contributed by atoms with Gasteiger partial charge in [-0.1, -0.05) is 0 Å². The Labute approximate surface area is 83.5 Å². The van der Waals surface area contributed by atoms with E-state index in [0.29, 0.717) is 0 Å². The Kier molecular flexibility index (Phi) is 3.30. The van der Waals surface area contributed by atoms with Gasteiger partial charge in [0.1, 0.15) is 5.76 Å². The number of methoxy groups -OCH3 is 1. The third-order valence-electron chi connectivity index (χ3n) is 2.20. The summed E-state index contributed by atoms with van der Waals surface area (Å²) in [6.45, 7) is 2.00. The van der Waals surface area contributed by atoms with Gasteiger partial charge in [-0.2, -0.15) is 0 Å². The van der Waals surface area contributed by atoms with Gasteiger partial charge in [0, 0.05) is 0 Å². The number of furan rings is 1. The Morgan fingerprint density at radius 1 is 1.50 bits per heavy atom. The van der Waals surface area contributed by atoms with Gasteiger partial charge in [0.25, 0.3) is 0 Å². The van der Waals surface area contributed by atoms with Crippen molar-refractivity contribution >= 4 is 5.97 Å². The van der Waals surface area contributed by atoms with E-state index in [4.69, 9.17) is 4.42 Å². The molecule has 0 N–H and O–H groups in total. The lowest BCUT2D eigenvalue weighted by Gasteiger charge is -2.16. The Bertz CT molecular complexity index is 317. The van der Waals surface area contributed by atoms with Crippen LogP contribution in [0.2, 0.25) is 0 Å². The van der Waals surface area contributed by atoms with Gasteiger partial charge < -0.3 is 9.15 Å². The van der Waals surface area contributed by atoms with Crippen LogP contribution in [0.15, 0.2) is 16.5 Å². The SMILES string of the molecule is COC(=O)c1ccc(C(C)N(C)C)o1. The fourth-order valence-electron chi connectivity index (χ4n) is 1.04. The molecule has 78 valence electrons. The van der Waals surface area contributed by atoms with E-state index in [2.05, 4.69) is 4.74 Å². The molecule has 0 bridgehead atoms. The molecule has 1 unspecified atom stereocenters. The molecule has 14 heavy (non-hydrogen) atoms. The smallest absolute Gasteiger partial charge is 0.373 e. The molecule has 4 heteroatoms. The molecular weight excluding hydrogens is 182 g/mol. The van der Waals surface area contributed by atoms with Gasteiger partial charge in [-0.25, -0.2) is 4.79 Å². The second-order valence-electron chi connectivity index (χ2n) is 3.33.